The van der Waals surface area contributed by atoms with Crippen molar-refractivity contribution in [2.24, 2.45) is 0 Å². The molecule has 122 valence electrons. The van der Waals surface area contributed by atoms with Crippen molar-refractivity contribution in [3.8, 4) is 0 Å². The minimum atomic E-state index is -3.88. The van der Waals surface area contributed by atoms with Gasteiger partial charge in [-0.05, 0) is 49.9 Å². The highest BCUT2D eigenvalue weighted by atomic mass is 32.2. The summed E-state index contributed by atoms with van der Waals surface area (Å²) in [6.45, 7) is 3.75. The minimum absolute atomic E-state index is 0.124. The predicted molar refractivity (Wildman–Crippen MR) is 81.3 cm³/mol. The second-order valence-corrected chi connectivity index (χ2v) is 7.56. The fraction of sp³-hybridized carbons (Fsp3) is 0.533. The van der Waals surface area contributed by atoms with Crippen molar-refractivity contribution in [1.82, 2.24) is 4.31 Å². The zero-order valence-corrected chi connectivity index (χ0v) is 13.8. The van der Waals surface area contributed by atoms with Gasteiger partial charge in [0.2, 0.25) is 10.0 Å². The number of nitrogens with zero attached hydrogens (tertiary/aromatic N) is 1. The van der Waals surface area contributed by atoms with E-state index in [2.05, 4.69) is 0 Å². The van der Waals surface area contributed by atoms with Gasteiger partial charge in [-0.1, -0.05) is 6.07 Å². The minimum Gasteiger partial charge on any atom is -0.480 e. The topological polar surface area (TPSA) is 83.9 Å². The second kappa shape index (κ2) is 5.98. The van der Waals surface area contributed by atoms with Crippen LogP contribution in [0.4, 0.5) is 0 Å². The van der Waals surface area contributed by atoms with Crippen molar-refractivity contribution in [3.63, 3.8) is 0 Å². The molecule has 0 bridgehead atoms. The third-order valence-corrected chi connectivity index (χ3v) is 6.24. The Kier molecular flexibility index (Phi) is 4.60. The Hall–Kier alpha value is -1.44. The normalized spacial score (nSPS) is 22.9. The number of carboxylic acid groups (broad SMARTS) is 1. The summed E-state index contributed by atoms with van der Waals surface area (Å²) in [6, 6.07) is 4.84. The monoisotopic (exact) mass is 327 g/mol. The van der Waals surface area contributed by atoms with Crippen LogP contribution in [0.15, 0.2) is 23.1 Å². The highest BCUT2D eigenvalue weighted by Crippen LogP contribution is 2.35. The van der Waals surface area contributed by atoms with E-state index in [0.717, 1.165) is 15.4 Å². The van der Waals surface area contributed by atoms with Crippen molar-refractivity contribution >= 4 is 16.0 Å². The third kappa shape index (κ3) is 2.64. The maximum atomic E-state index is 12.9. The number of hydrogen-bond donors (Lipinski definition) is 1. The van der Waals surface area contributed by atoms with Crippen LogP contribution < -0.4 is 0 Å². The average molecular weight is 327 g/mol. The molecule has 0 spiro atoms. The van der Waals surface area contributed by atoms with E-state index >= 15 is 0 Å². The maximum Gasteiger partial charge on any atom is 0.327 e. The lowest BCUT2D eigenvalue weighted by atomic mass is 9.99. The molecule has 1 aliphatic heterocycles. The standard InChI is InChI=1S/C15H21NO5S/c1-11-5-6-13(9-12(11)2)22(19,20)16-8-4-7-15(16,10-21-3)14(17)18/h5-6,9H,4,7-8,10H2,1-3H3,(H,17,18). The Morgan fingerprint density at radius 1 is 1.36 bits per heavy atom. The molecule has 1 saturated heterocycles. The van der Waals surface area contributed by atoms with Crippen LogP contribution in [0, 0.1) is 13.8 Å². The number of aliphatic carboxylic acids is 1. The summed E-state index contributed by atoms with van der Waals surface area (Å²) < 4.78 is 31.9. The molecule has 1 heterocycles. The van der Waals surface area contributed by atoms with Gasteiger partial charge in [-0.25, -0.2) is 8.42 Å². The molecule has 0 saturated carbocycles. The van der Waals surface area contributed by atoms with Gasteiger partial charge in [0.25, 0.3) is 0 Å². The fourth-order valence-electron chi connectivity index (χ4n) is 2.86. The molecule has 1 aliphatic rings. The lowest BCUT2D eigenvalue weighted by Crippen LogP contribution is -2.55. The Bertz CT molecular complexity index is 685. The van der Waals surface area contributed by atoms with Gasteiger partial charge in [-0.2, -0.15) is 4.31 Å². The molecule has 0 aromatic heterocycles. The SMILES string of the molecule is COCC1(C(=O)O)CCCN1S(=O)(=O)c1ccc(C)c(C)c1. The van der Waals surface area contributed by atoms with Gasteiger partial charge in [0.05, 0.1) is 11.5 Å². The lowest BCUT2D eigenvalue weighted by Gasteiger charge is -2.33. The Balaban J connectivity index is 2.51. The largest absolute Gasteiger partial charge is 0.480 e. The summed E-state index contributed by atoms with van der Waals surface area (Å²) >= 11 is 0. The molecule has 7 heteroatoms. The summed E-state index contributed by atoms with van der Waals surface area (Å²) in [4.78, 5) is 11.9. The number of benzene rings is 1. The van der Waals surface area contributed by atoms with E-state index in [4.69, 9.17) is 4.74 Å². The molecule has 22 heavy (non-hydrogen) atoms. The van der Waals surface area contributed by atoms with Crippen LogP contribution in [0.1, 0.15) is 24.0 Å². The van der Waals surface area contributed by atoms with Crippen molar-refractivity contribution < 1.29 is 23.1 Å². The molecule has 1 fully saturated rings. The quantitative estimate of drug-likeness (QED) is 0.887. The Labute approximate surface area is 130 Å². The molecule has 6 nitrogen and oxygen atoms in total. The van der Waals surface area contributed by atoms with Gasteiger partial charge in [0.15, 0.2) is 5.54 Å². The first-order valence-electron chi connectivity index (χ1n) is 7.08. The van der Waals surface area contributed by atoms with Gasteiger partial charge in [0.1, 0.15) is 0 Å². The Morgan fingerprint density at radius 3 is 2.59 bits per heavy atom. The lowest BCUT2D eigenvalue weighted by molar-refractivity contribution is -0.150. The number of carbonyl (C=O) groups is 1. The Morgan fingerprint density at radius 2 is 2.05 bits per heavy atom. The van der Waals surface area contributed by atoms with Crippen LogP contribution >= 0.6 is 0 Å². The third-order valence-electron chi connectivity index (χ3n) is 4.28. The van der Waals surface area contributed by atoms with E-state index in [9.17, 15) is 18.3 Å². The molecule has 1 unspecified atom stereocenters. The molecule has 2 rings (SSSR count). The zero-order chi connectivity index (χ0) is 16.5. The van der Waals surface area contributed by atoms with Crippen LogP contribution in [0.25, 0.3) is 0 Å². The van der Waals surface area contributed by atoms with E-state index in [1.165, 1.54) is 13.2 Å². The molecular formula is C15H21NO5S. The summed E-state index contributed by atoms with van der Waals surface area (Å²) in [7, 11) is -2.50. The summed E-state index contributed by atoms with van der Waals surface area (Å²) in [5.74, 6) is -1.17. The number of aryl methyl sites for hydroxylation is 2. The number of sulfonamides is 1. The molecule has 1 aromatic carbocycles. The van der Waals surface area contributed by atoms with E-state index < -0.39 is 21.5 Å². The van der Waals surface area contributed by atoms with Crippen LogP contribution in [-0.2, 0) is 19.6 Å². The molecule has 0 amide bonds. The van der Waals surface area contributed by atoms with Crippen molar-refractivity contribution in [2.75, 3.05) is 20.3 Å². The van der Waals surface area contributed by atoms with Crippen molar-refractivity contribution in [3.05, 3.63) is 29.3 Å². The first kappa shape index (κ1) is 16.9. The number of carboxylic acids is 1. The van der Waals surface area contributed by atoms with E-state index in [-0.39, 0.29) is 24.5 Å². The fourth-order valence-corrected chi connectivity index (χ4v) is 4.74. The van der Waals surface area contributed by atoms with Gasteiger partial charge < -0.3 is 9.84 Å². The molecular weight excluding hydrogens is 306 g/mol. The first-order valence-corrected chi connectivity index (χ1v) is 8.52. The molecule has 1 N–H and O–H groups in total. The van der Waals surface area contributed by atoms with E-state index in [1.54, 1.807) is 12.1 Å². The number of ether oxygens (including phenoxy) is 1. The van der Waals surface area contributed by atoms with Crippen molar-refractivity contribution in [1.29, 1.82) is 0 Å². The van der Waals surface area contributed by atoms with Crippen LogP contribution in [0.3, 0.4) is 0 Å². The van der Waals surface area contributed by atoms with Gasteiger partial charge in [-0.3, -0.25) is 4.79 Å². The molecule has 0 radical (unpaired) electrons. The van der Waals surface area contributed by atoms with Crippen LogP contribution in [0.2, 0.25) is 0 Å². The summed E-state index contributed by atoms with van der Waals surface area (Å²) in [5.41, 5.74) is 0.321. The maximum absolute atomic E-state index is 12.9. The summed E-state index contributed by atoms with van der Waals surface area (Å²) in [5, 5.41) is 9.59. The molecule has 1 atom stereocenters. The highest BCUT2D eigenvalue weighted by molar-refractivity contribution is 7.89. The predicted octanol–water partition coefficient (Wildman–Crippen LogP) is 1.56. The van der Waals surface area contributed by atoms with Gasteiger partial charge in [0, 0.05) is 13.7 Å². The van der Waals surface area contributed by atoms with Gasteiger partial charge >= 0.3 is 5.97 Å². The number of rotatable bonds is 5. The molecule has 0 aliphatic carbocycles. The van der Waals surface area contributed by atoms with Crippen LogP contribution in [0.5, 0.6) is 0 Å². The first-order chi connectivity index (χ1) is 10.3. The van der Waals surface area contributed by atoms with Crippen LogP contribution in [-0.4, -0.2) is 49.6 Å². The van der Waals surface area contributed by atoms with Crippen molar-refractivity contribution in [2.45, 2.75) is 37.1 Å². The smallest absolute Gasteiger partial charge is 0.327 e. The van der Waals surface area contributed by atoms with E-state index in [0.29, 0.717) is 6.42 Å². The number of hydrogen-bond acceptors (Lipinski definition) is 4. The van der Waals surface area contributed by atoms with E-state index in [1.807, 2.05) is 13.8 Å². The van der Waals surface area contributed by atoms with Gasteiger partial charge in [-0.15, -0.1) is 0 Å². The summed E-state index contributed by atoms with van der Waals surface area (Å²) in [6.07, 6.45) is 0.750. The average Bonchev–Trinajstić information content (AvgIpc) is 2.88. The second-order valence-electron chi connectivity index (χ2n) is 5.70. The zero-order valence-electron chi connectivity index (χ0n) is 13.0. The number of methoxy groups -OCH3 is 1. The highest BCUT2D eigenvalue weighted by Gasteiger charge is 2.53. The molecule has 1 aromatic rings.